The van der Waals surface area contributed by atoms with Gasteiger partial charge in [0.1, 0.15) is 17.8 Å². The minimum absolute atomic E-state index is 0.0858. The van der Waals surface area contributed by atoms with Gasteiger partial charge in [-0.3, -0.25) is 4.79 Å². The Balaban J connectivity index is 1.48. The van der Waals surface area contributed by atoms with E-state index in [1.54, 1.807) is 31.4 Å². The smallest absolute Gasteiger partial charge is 0.338 e. The molecule has 3 aliphatic carbocycles. The second kappa shape index (κ2) is 5.10. The van der Waals surface area contributed by atoms with E-state index in [0.29, 0.717) is 18.4 Å². The van der Waals surface area contributed by atoms with Gasteiger partial charge < -0.3 is 23.7 Å². The molecule has 27 heavy (non-hydrogen) atoms. The molecule has 3 saturated carbocycles. The van der Waals surface area contributed by atoms with Crippen molar-refractivity contribution in [3.63, 3.8) is 0 Å². The molecule has 0 N–H and O–H groups in total. The first-order valence-electron chi connectivity index (χ1n) is 9.15. The average molecular weight is 374 g/mol. The van der Waals surface area contributed by atoms with Gasteiger partial charge in [0.2, 0.25) is 5.79 Å². The SMILES string of the molecule is COC12CC3C4(OC(C)=O)CC1(C)OC(O4)C32COC(=O)c1ccccc1. The van der Waals surface area contributed by atoms with Gasteiger partial charge in [-0.2, -0.15) is 0 Å². The quantitative estimate of drug-likeness (QED) is 0.730. The summed E-state index contributed by atoms with van der Waals surface area (Å²) in [6, 6.07) is 8.83. The first-order valence-corrected chi connectivity index (χ1v) is 9.15. The highest BCUT2D eigenvalue weighted by Gasteiger charge is 2.95. The van der Waals surface area contributed by atoms with Crippen molar-refractivity contribution in [1.82, 2.24) is 0 Å². The Kier molecular flexibility index (Phi) is 3.24. The zero-order valence-corrected chi connectivity index (χ0v) is 15.5. The molecule has 1 aromatic carbocycles. The Morgan fingerprint density at radius 1 is 1.22 bits per heavy atom. The normalized spacial score (nSPS) is 45.4. The van der Waals surface area contributed by atoms with E-state index in [2.05, 4.69) is 0 Å². The molecule has 6 atom stereocenters. The van der Waals surface area contributed by atoms with Crippen molar-refractivity contribution in [3.05, 3.63) is 35.9 Å². The van der Waals surface area contributed by atoms with E-state index in [0.717, 1.165) is 0 Å². The van der Waals surface area contributed by atoms with Gasteiger partial charge in [0.25, 0.3) is 0 Å². The van der Waals surface area contributed by atoms with Crippen LogP contribution in [0.5, 0.6) is 0 Å². The van der Waals surface area contributed by atoms with E-state index in [1.807, 2.05) is 13.0 Å². The lowest BCUT2D eigenvalue weighted by molar-refractivity contribution is -0.388. The highest BCUT2D eigenvalue weighted by Crippen LogP contribution is 2.82. The van der Waals surface area contributed by atoms with Gasteiger partial charge in [-0.05, 0) is 25.5 Å². The number of carbonyl (C=O) groups is 2. The lowest BCUT2D eigenvalue weighted by Gasteiger charge is -2.67. The lowest BCUT2D eigenvalue weighted by atomic mass is 9.41. The Bertz CT molecular complexity index is 825. The lowest BCUT2D eigenvalue weighted by Crippen LogP contribution is -2.79. The Hall–Kier alpha value is -1.96. The first-order chi connectivity index (χ1) is 12.8. The highest BCUT2D eigenvalue weighted by molar-refractivity contribution is 5.89. The summed E-state index contributed by atoms with van der Waals surface area (Å²) in [7, 11) is 1.65. The summed E-state index contributed by atoms with van der Waals surface area (Å²) < 4.78 is 29.6. The van der Waals surface area contributed by atoms with E-state index < -0.39 is 40.6 Å². The Morgan fingerprint density at radius 3 is 2.63 bits per heavy atom. The third-order valence-electron chi connectivity index (χ3n) is 7.04. The molecule has 6 unspecified atom stereocenters. The number of hydrogen-bond acceptors (Lipinski definition) is 7. The highest BCUT2D eigenvalue weighted by atomic mass is 16.8. The maximum absolute atomic E-state index is 12.5. The Labute approximate surface area is 156 Å². The molecule has 7 rings (SSSR count). The molecule has 3 saturated heterocycles. The van der Waals surface area contributed by atoms with Crippen LogP contribution in [0.15, 0.2) is 30.3 Å². The standard InChI is InChI=1S/C20H22O7/c1-12(21)25-19-10-17(2)20(23-3)9-14(19)18(20,16(26-17)27-19)11-24-15(22)13-7-5-4-6-8-13/h4-8,14,16H,9-11H2,1-3H3. The van der Waals surface area contributed by atoms with E-state index in [9.17, 15) is 9.59 Å². The van der Waals surface area contributed by atoms with Crippen LogP contribution in [0, 0.1) is 11.3 Å². The molecule has 6 aliphatic rings. The van der Waals surface area contributed by atoms with Gasteiger partial charge in [-0.25, -0.2) is 4.79 Å². The van der Waals surface area contributed by atoms with E-state index >= 15 is 0 Å². The molecule has 0 radical (unpaired) electrons. The van der Waals surface area contributed by atoms with Crippen molar-refractivity contribution < 1.29 is 33.3 Å². The molecule has 0 aromatic heterocycles. The van der Waals surface area contributed by atoms with Crippen molar-refractivity contribution >= 4 is 11.9 Å². The van der Waals surface area contributed by atoms with Crippen molar-refractivity contribution in [3.8, 4) is 0 Å². The van der Waals surface area contributed by atoms with Gasteiger partial charge in [0, 0.05) is 26.4 Å². The summed E-state index contributed by atoms with van der Waals surface area (Å²) in [5, 5.41) is 0. The van der Waals surface area contributed by atoms with E-state index in [1.165, 1.54) is 6.92 Å². The number of hydrogen-bond donors (Lipinski definition) is 0. The monoisotopic (exact) mass is 374 g/mol. The molecule has 7 heteroatoms. The minimum Gasteiger partial charge on any atom is -0.461 e. The summed E-state index contributed by atoms with van der Waals surface area (Å²) in [6.45, 7) is 3.42. The summed E-state index contributed by atoms with van der Waals surface area (Å²) >= 11 is 0. The summed E-state index contributed by atoms with van der Waals surface area (Å²) in [4.78, 5) is 24.2. The molecule has 0 spiro atoms. The van der Waals surface area contributed by atoms with Gasteiger partial charge in [0.15, 0.2) is 6.29 Å². The molecule has 6 bridgehead atoms. The first kappa shape index (κ1) is 17.2. The maximum Gasteiger partial charge on any atom is 0.338 e. The number of ether oxygens (including phenoxy) is 5. The molecular formula is C20H22O7. The van der Waals surface area contributed by atoms with Crippen LogP contribution in [0.2, 0.25) is 0 Å². The third-order valence-corrected chi connectivity index (χ3v) is 7.04. The number of rotatable bonds is 5. The van der Waals surface area contributed by atoms with Crippen LogP contribution in [0.3, 0.4) is 0 Å². The number of methoxy groups -OCH3 is 1. The van der Waals surface area contributed by atoms with Crippen LogP contribution in [0.25, 0.3) is 0 Å². The van der Waals surface area contributed by atoms with Gasteiger partial charge in [-0.1, -0.05) is 18.2 Å². The zero-order valence-electron chi connectivity index (χ0n) is 15.5. The fraction of sp³-hybridized carbons (Fsp3) is 0.600. The minimum atomic E-state index is -1.04. The van der Waals surface area contributed by atoms with Crippen molar-refractivity contribution in [1.29, 1.82) is 0 Å². The Morgan fingerprint density at radius 2 is 1.96 bits per heavy atom. The van der Waals surface area contributed by atoms with Crippen LogP contribution >= 0.6 is 0 Å². The van der Waals surface area contributed by atoms with Crippen LogP contribution in [0.4, 0.5) is 0 Å². The van der Waals surface area contributed by atoms with Gasteiger partial charge >= 0.3 is 11.9 Å². The van der Waals surface area contributed by atoms with Crippen LogP contribution in [-0.4, -0.2) is 48.9 Å². The fourth-order valence-corrected chi connectivity index (χ4v) is 6.06. The molecule has 144 valence electrons. The van der Waals surface area contributed by atoms with Crippen molar-refractivity contribution in [2.45, 2.75) is 50.0 Å². The molecule has 7 nitrogen and oxygen atoms in total. The second-order valence-corrected chi connectivity index (χ2v) is 8.15. The van der Waals surface area contributed by atoms with Crippen LogP contribution < -0.4 is 0 Å². The largest absolute Gasteiger partial charge is 0.461 e. The number of benzene rings is 1. The van der Waals surface area contributed by atoms with E-state index in [-0.39, 0.29) is 12.5 Å². The van der Waals surface area contributed by atoms with Crippen molar-refractivity contribution in [2.75, 3.05) is 13.7 Å². The maximum atomic E-state index is 12.5. The third kappa shape index (κ3) is 1.78. The van der Waals surface area contributed by atoms with Crippen LogP contribution in [-0.2, 0) is 28.5 Å². The molecule has 1 aromatic rings. The molecule has 6 fully saturated rings. The number of carbonyl (C=O) groups excluding carboxylic acids is 2. The summed E-state index contributed by atoms with van der Waals surface area (Å²) in [5.41, 5.74) is -1.51. The van der Waals surface area contributed by atoms with E-state index in [4.69, 9.17) is 23.7 Å². The average Bonchev–Trinajstić information content (AvgIpc) is 2.81. The molecule has 3 heterocycles. The predicted octanol–water partition coefficient (Wildman–Crippen LogP) is 2.04. The molecular weight excluding hydrogens is 352 g/mol. The molecule has 3 aliphatic heterocycles. The zero-order chi connectivity index (χ0) is 19.1. The molecule has 0 amide bonds. The summed E-state index contributed by atoms with van der Waals surface area (Å²) in [6.07, 6.45) is 0.396. The predicted molar refractivity (Wildman–Crippen MR) is 90.5 cm³/mol. The summed E-state index contributed by atoms with van der Waals surface area (Å²) in [5.74, 6) is -1.98. The number of esters is 2. The van der Waals surface area contributed by atoms with Gasteiger partial charge in [0.05, 0.1) is 11.0 Å². The fourth-order valence-electron chi connectivity index (χ4n) is 6.06. The second-order valence-electron chi connectivity index (χ2n) is 8.15. The van der Waals surface area contributed by atoms with Crippen LogP contribution in [0.1, 0.15) is 37.0 Å². The van der Waals surface area contributed by atoms with Crippen molar-refractivity contribution in [2.24, 2.45) is 11.3 Å². The topological polar surface area (TPSA) is 80.3 Å². The van der Waals surface area contributed by atoms with Gasteiger partial charge in [-0.15, -0.1) is 0 Å².